The SMILES string of the molecule is Nc1nc(CN2C(=O)NC3(CCCc4ccccc43)C2=O)nc(Nc2ccccc2)n1. The Bertz CT molecular complexity index is 1170. The minimum Gasteiger partial charge on any atom is -0.368 e. The molecule has 1 unspecified atom stereocenters. The van der Waals surface area contributed by atoms with Gasteiger partial charge in [-0.1, -0.05) is 42.5 Å². The highest BCUT2D eigenvalue weighted by Gasteiger charge is 2.54. The highest BCUT2D eigenvalue weighted by Crippen LogP contribution is 2.40. The van der Waals surface area contributed by atoms with Gasteiger partial charge >= 0.3 is 6.03 Å². The van der Waals surface area contributed by atoms with Gasteiger partial charge in [0.15, 0.2) is 5.82 Å². The molecule has 1 aliphatic carbocycles. The number of aromatic nitrogens is 3. The Morgan fingerprint density at radius 1 is 1.03 bits per heavy atom. The van der Waals surface area contributed by atoms with Crippen molar-refractivity contribution < 1.29 is 9.59 Å². The number of aryl methyl sites for hydroxylation is 1. The number of anilines is 3. The number of nitrogen functional groups attached to an aromatic ring is 1. The molecule has 1 fully saturated rings. The lowest BCUT2D eigenvalue weighted by Gasteiger charge is -2.33. The molecule has 156 valence electrons. The first-order valence-electron chi connectivity index (χ1n) is 10.1. The number of rotatable bonds is 4. The zero-order valence-corrected chi connectivity index (χ0v) is 16.7. The molecule has 1 spiro atoms. The number of urea groups is 1. The Balaban J connectivity index is 1.42. The molecule has 9 nitrogen and oxygen atoms in total. The van der Waals surface area contributed by atoms with Gasteiger partial charge in [-0.05, 0) is 42.5 Å². The fraction of sp³-hybridized carbons (Fsp3) is 0.227. The van der Waals surface area contributed by atoms with Crippen LogP contribution in [0.1, 0.15) is 29.8 Å². The smallest absolute Gasteiger partial charge is 0.325 e. The lowest BCUT2D eigenvalue weighted by molar-refractivity contribution is -0.132. The van der Waals surface area contributed by atoms with E-state index in [4.69, 9.17) is 5.73 Å². The summed E-state index contributed by atoms with van der Waals surface area (Å²) >= 11 is 0. The van der Waals surface area contributed by atoms with Crippen LogP contribution in [0.3, 0.4) is 0 Å². The number of amides is 3. The van der Waals surface area contributed by atoms with Gasteiger partial charge in [0.05, 0.1) is 6.54 Å². The van der Waals surface area contributed by atoms with Gasteiger partial charge in [0.2, 0.25) is 11.9 Å². The Morgan fingerprint density at radius 3 is 2.65 bits per heavy atom. The highest BCUT2D eigenvalue weighted by molar-refractivity contribution is 6.07. The molecule has 3 amide bonds. The van der Waals surface area contributed by atoms with E-state index in [2.05, 4.69) is 25.6 Å². The number of nitrogens with two attached hydrogens (primary N) is 1. The maximum Gasteiger partial charge on any atom is 0.325 e. The van der Waals surface area contributed by atoms with Gasteiger partial charge in [0.25, 0.3) is 5.91 Å². The van der Waals surface area contributed by atoms with Crippen LogP contribution < -0.4 is 16.4 Å². The number of carbonyl (C=O) groups is 2. The van der Waals surface area contributed by atoms with Gasteiger partial charge in [-0.3, -0.25) is 9.69 Å². The molecule has 1 aliphatic heterocycles. The van der Waals surface area contributed by atoms with Crippen molar-refractivity contribution >= 4 is 29.5 Å². The van der Waals surface area contributed by atoms with Crippen molar-refractivity contribution in [2.24, 2.45) is 0 Å². The summed E-state index contributed by atoms with van der Waals surface area (Å²) in [5.41, 5.74) is 7.55. The number of hydrogen-bond donors (Lipinski definition) is 3. The molecule has 4 N–H and O–H groups in total. The van der Waals surface area contributed by atoms with Crippen molar-refractivity contribution in [2.45, 2.75) is 31.3 Å². The molecule has 3 aromatic rings. The van der Waals surface area contributed by atoms with Crippen LogP contribution in [-0.2, 0) is 23.3 Å². The fourth-order valence-electron chi connectivity index (χ4n) is 4.31. The second kappa shape index (κ2) is 7.35. The van der Waals surface area contributed by atoms with Crippen molar-refractivity contribution in [3.63, 3.8) is 0 Å². The van der Waals surface area contributed by atoms with E-state index in [1.165, 1.54) is 0 Å². The van der Waals surface area contributed by atoms with E-state index in [-0.39, 0.29) is 30.2 Å². The highest BCUT2D eigenvalue weighted by atomic mass is 16.2. The summed E-state index contributed by atoms with van der Waals surface area (Å²) in [6.07, 6.45) is 2.27. The number of nitrogens with zero attached hydrogens (tertiary/aromatic N) is 4. The van der Waals surface area contributed by atoms with Crippen LogP contribution in [0.4, 0.5) is 22.4 Å². The summed E-state index contributed by atoms with van der Waals surface area (Å²) in [6.45, 7) is -0.0925. The predicted molar refractivity (Wildman–Crippen MR) is 114 cm³/mol. The Labute approximate surface area is 178 Å². The molecule has 0 saturated carbocycles. The number of imide groups is 1. The first-order chi connectivity index (χ1) is 15.0. The lowest BCUT2D eigenvalue weighted by atomic mass is 9.76. The van der Waals surface area contributed by atoms with Gasteiger partial charge in [-0.15, -0.1) is 0 Å². The third-order valence-corrected chi connectivity index (χ3v) is 5.68. The summed E-state index contributed by atoms with van der Waals surface area (Å²) in [7, 11) is 0. The summed E-state index contributed by atoms with van der Waals surface area (Å²) in [4.78, 5) is 40.0. The first kappa shape index (κ1) is 19.0. The van der Waals surface area contributed by atoms with Crippen molar-refractivity contribution in [3.8, 4) is 0 Å². The monoisotopic (exact) mass is 415 g/mol. The lowest BCUT2D eigenvalue weighted by Crippen LogP contribution is -2.46. The van der Waals surface area contributed by atoms with E-state index >= 15 is 0 Å². The van der Waals surface area contributed by atoms with E-state index in [0.717, 1.165) is 34.6 Å². The molecule has 2 aromatic carbocycles. The molecule has 2 heterocycles. The van der Waals surface area contributed by atoms with Crippen LogP contribution in [-0.4, -0.2) is 31.8 Å². The molecule has 5 rings (SSSR count). The summed E-state index contributed by atoms with van der Waals surface area (Å²) in [6, 6.07) is 16.7. The molecule has 0 radical (unpaired) electrons. The molecule has 0 bridgehead atoms. The second-order valence-corrected chi connectivity index (χ2v) is 7.66. The average molecular weight is 415 g/mol. The van der Waals surface area contributed by atoms with Crippen molar-refractivity contribution in [1.82, 2.24) is 25.2 Å². The second-order valence-electron chi connectivity index (χ2n) is 7.66. The van der Waals surface area contributed by atoms with E-state index in [1.54, 1.807) is 0 Å². The standard InChI is InChI=1S/C22H21N7O2/c23-19-25-17(26-20(27-19)24-15-9-2-1-3-10-15)13-29-18(30)22(28-21(29)31)12-6-8-14-7-4-5-11-16(14)22/h1-5,7,9-11H,6,8,12-13H2,(H,28,31)(H3,23,24,25,26,27). The van der Waals surface area contributed by atoms with E-state index in [1.807, 2.05) is 54.6 Å². The molecule has 1 saturated heterocycles. The molecule has 2 aliphatic rings. The number of para-hydroxylation sites is 1. The largest absolute Gasteiger partial charge is 0.368 e. The van der Waals surface area contributed by atoms with Crippen LogP contribution in [0.2, 0.25) is 0 Å². The quantitative estimate of drug-likeness (QED) is 0.559. The van der Waals surface area contributed by atoms with Gasteiger partial charge in [-0.2, -0.15) is 15.0 Å². The van der Waals surface area contributed by atoms with Crippen molar-refractivity contribution in [2.75, 3.05) is 11.1 Å². The predicted octanol–water partition coefficient (Wildman–Crippen LogP) is 2.48. The molecule has 31 heavy (non-hydrogen) atoms. The third kappa shape index (κ3) is 3.33. The number of fused-ring (bicyclic) bond motifs is 2. The van der Waals surface area contributed by atoms with Crippen LogP contribution in [0, 0.1) is 0 Å². The number of hydrogen-bond acceptors (Lipinski definition) is 7. The Morgan fingerprint density at radius 2 is 1.81 bits per heavy atom. The summed E-state index contributed by atoms with van der Waals surface area (Å²) < 4.78 is 0. The fourth-order valence-corrected chi connectivity index (χ4v) is 4.31. The van der Waals surface area contributed by atoms with E-state index in [0.29, 0.717) is 6.42 Å². The first-order valence-corrected chi connectivity index (χ1v) is 10.1. The van der Waals surface area contributed by atoms with Crippen LogP contribution in [0.15, 0.2) is 54.6 Å². The van der Waals surface area contributed by atoms with Crippen LogP contribution in [0.5, 0.6) is 0 Å². The van der Waals surface area contributed by atoms with Crippen LogP contribution >= 0.6 is 0 Å². The molecule has 1 atom stereocenters. The van der Waals surface area contributed by atoms with E-state index in [9.17, 15) is 9.59 Å². The normalized spacial score (nSPS) is 19.9. The Hall–Kier alpha value is -4.01. The van der Waals surface area contributed by atoms with Gasteiger partial charge in [0.1, 0.15) is 5.54 Å². The molecular formula is C22H21N7O2. The van der Waals surface area contributed by atoms with E-state index < -0.39 is 11.6 Å². The zero-order valence-electron chi connectivity index (χ0n) is 16.7. The minimum atomic E-state index is -1.03. The summed E-state index contributed by atoms with van der Waals surface area (Å²) in [5.74, 6) is 0.198. The summed E-state index contributed by atoms with van der Waals surface area (Å²) in [5, 5.41) is 5.99. The topological polar surface area (TPSA) is 126 Å². The number of carbonyl (C=O) groups excluding carboxylic acids is 2. The molecule has 1 aromatic heterocycles. The minimum absolute atomic E-state index is 0.00760. The van der Waals surface area contributed by atoms with Gasteiger partial charge in [0, 0.05) is 5.69 Å². The Kier molecular flexibility index (Phi) is 4.50. The van der Waals surface area contributed by atoms with Gasteiger partial charge in [-0.25, -0.2) is 4.79 Å². The third-order valence-electron chi connectivity index (χ3n) is 5.68. The van der Waals surface area contributed by atoms with Crippen molar-refractivity contribution in [1.29, 1.82) is 0 Å². The molecular weight excluding hydrogens is 394 g/mol. The number of nitrogens with one attached hydrogen (secondary N) is 2. The number of benzene rings is 2. The average Bonchev–Trinajstić information content (AvgIpc) is 2.99. The van der Waals surface area contributed by atoms with Gasteiger partial charge < -0.3 is 16.4 Å². The van der Waals surface area contributed by atoms with Crippen LogP contribution in [0.25, 0.3) is 0 Å². The maximum atomic E-state index is 13.4. The van der Waals surface area contributed by atoms with Crippen molar-refractivity contribution in [3.05, 3.63) is 71.5 Å². The molecule has 9 heteroatoms. The maximum absolute atomic E-state index is 13.4. The zero-order chi connectivity index (χ0) is 21.4.